The minimum atomic E-state index is -0.266. The molecule has 1 aromatic heterocycles. The van der Waals surface area contributed by atoms with Gasteiger partial charge in [-0.25, -0.2) is 9.37 Å². The normalized spacial score (nSPS) is 10.7. The average Bonchev–Trinajstić information content (AvgIpc) is 2.67. The van der Waals surface area contributed by atoms with Crippen LogP contribution in [0.5, 0.6) is 0 Å². The summed E-state index contributed by atoms with van der Waals surface area (Å²) >= 11 is 2.80. The van der Waals surface area contributed by atoms with Crippen LogP contribution in [-0.2, 0) is 6.54 Å². The topological polar surface area (TPSA) is 51.8 Å². The lowest BCUT2D eigenvalue weighted by atomic mass is 10.2. The second-order valence-electron chi connectivity index (χ2n) is 3.17. The Kier molecular flexibility index (Phi) is 3.52. The third kappa shape index (κ3) is 2.58. The fraction of sp³-hybridized carbons (Fsp3) is 0.200. The summed E-state index contributed by atoms with van der Waals surface area (Å²) in [5.74, 6) is 0.488. The molecule has 2 N–H and O–H groups in total. The fourth-order valence-electron chi connectivity index (χ4n) is 1.22. The molecule has 0 bridgehead atoms. The number of nitrogens with zero attached hydrogens (tertiary/aromatic N) is 2. The maximum absolute atomic E-state index is 13.0. The van der Waals surface area contributed by atoms with Gasteiger partial charge in [0.2, 0.25) is 0 Å². The summed E-state index contributed by atoms with van der Waals surface area (Å²) in [6.07, 6.45) is 0. The Balaban J connectivity index is 2.27. The van der Waals surface area contributed by atoms with E-state index in [4.69, 9.17) is 5.73 Å². The number of nitrogens with two attached hydrogens (primary N) is 1. The van der Waals surface area contributed by atoms with E-state index in [1.165, 1.54) is 35.4 Å². The van der Waals surface area contributed by atoms with E-state index in [0.29, 0.717) is 6.54 Å². The second kappa shape index (κ2) is 4.90. The molecule has 1 heterocycles. The Bertz CT molecular complexity index is 499. The van der Waals surface area contributed by atoms with Crippen LogP contribution in [0.15, 0.2) is 27.4 Å². The highest BCUT2D eigenvalue weighted by atomic mass is 32.2. The Morgan fingerprint density at radius 3 is 2.94 bits per heavy atom. The second-order valence-corrected chi connectivity index (χ2v) is 5.21. The number of aryl methyl sites for hydroxylation is 1. The fourth-order valence-corrected chi connectivity index (χ4v) is 2.95. The third-order valence-electron chi connectivity index (χ3n) is 1.95. The van der Waals surface area contributed by atoms with Crippen molar-refractivity contribution >= 4 is 23.3 Å². The van der Waals surface area contributed by atoms with Gasteiger partial charge in [-0.2, -0.15) is 4.37 Å². The van der Waals surface area contributed by atoms with Gasteiger partial charge in [-0.15, -0.1) is 0 Å². The van der Waals surface area contributed by atoms with Crippen LogP contribution in [0, 0.1) is 12.7 Å². The van der Waals surface area contributed by atoms with Gasteiger partial charge in [-0.1, -0.05) is 11.8 Å². The van der Waals surface area contributed by atoms with E-state index in [1.807, 2.05) is 6.92 Å². The summed E-state index contributed by atoms with van der Waals surface area (Å²) in [5.41, 5.74) is 6.36. The molecule has 0 unspecified atom stereocenters. The van der Waals surface area contributed by atoms with Gasteiger partial charge in [-0.05, 0) is 42.2 Å². The summed E-state index contributed by atoms with van der Waals surface area (Å²) in [5, 5.41) is 0. The predicted molar refractivity (Wildman–Crippen MR) is 63.1 cm³/mol. The van der Waals surface area contributed by atoms with E-state index < -0.39 is 0 Å². The molecule has 2 rings (SSSR count). The highest BCUT2D eigenvalue weighted by Crippen LogP contribution is 2.31. The Morgan fingerprint density at radius 2 is 2.31 bits per heavy atom. The molecule has 84 valence electrons. The van der Waals surface area contributed by atoms with Gasteiger partial charge in [0.05, 0.1) is 0 Å². The third-order valence-corrected chi connectivity index (χ3v) is 3.91. The zero-order valence-electron chi connectivity index (χ0n) is 8.61. The standard InChI is InChI=1S/C10H10FN3S2/c1-6-13-10(16-14-6)15-9-3-2-8(11)4-7(9)5-12/h2-4H,5,12H2,1H3. The summed E-state index contributed by atoms with van der Waals surface area (Å²) in [7, 11) is 0. The molecule has 16 heavy (non-hydrogen) atoms. The van der Waals surface area contributed by atoms with Gasteiger partial charge in [-0.3, -0.25) is 0 Å². The molecular weight excluding hydrogens is 245 g/mol. The molecule has 0 saturated heterocycles. The molecule has 0 atom stereocenters. The molecule has 0 aliphatic carbocycles. The van der Waals surface area contributed by atoms with Gasteiger partial charge in [0.15, 0.2) is 4.34 Å². The number of aromatic nitrogens is 2. The maximum Gasteiger partial charge on any atom is 0.174 e. The van der Waals surface area contributed by atoms with Crippen LogP contribution >= 0.6 is 23.3 Å². The highest BCUT2D eigenvalue weighted by molar-refractivity contribution is 8.01. The summed E-state index contributed by atoms with van der Waals surface area (Å²) in [6.45, 7) is 2.16. The van der Waals surface area contributed by atoms with E-state index in [9.17, 15) is 4.39 Å². The van der Waals surface area contributed by atoms with Crippen LogP contribution in [0.2, 0.25) is 0 Å². The van der Waals surface area contributed by atoms with E-state index in [2.05, 4.69) is 9.36 Å². The monoisotopic (exact) mass is 255 g/mol. The molecule has 0 aliphatic rings. The Hall–Kier alpha value is -0.980. The molecule has 0 amide bonds. The Morgan fingerprint density at radius 1 is 1.50 bits per heavy atom. The quantitative estimate of drug-likeness (QED) is 0.916. The van der Waals surface area contributed by atoms with E-state index in [1.54, 1.807) is 6.07 Å². The van der Waals surface area contributed by atoms with Gasteiger partial charge in [0.25, 0.3) is 0 Å². The van der Waals surface area contributed by atoms with Crippen LogP contribution in [0.25, 0.3) is 0 Å². The van der Waals surface area contributed by atoms with Crippen molar-refractivity contribution in [2.45, 2.75) is 22.7 Å². The molecule has 0 aliphatic heterocycles. The minimum absolute atomic E-state index is 0.266. The first-order valence-electron chi connectivity index (χ1n) is 4.65. The molecule has 1 aromatic carbocycles. The predicted octanol–water partition coefficient (Wildman–Crippen LogP) is 2.60. The van der Waals surface area contributed by atoms with Crippen LogP contribution in [0.4, 0.5) is 4.39 Å². The highest BCUT2D eigenvalue weighted by Gasteiger charge is 2.07. The Labute approximate surface area is 101 Å². The molecule has 2 aromatic rings. The molecule has 3 nitrogen and oxygen atoms in total. The first-order chi connectivity index (χ1) is 7.69. The summed E-state index contributed by atoms with van der Waals surface area (Å²) in [4.78, 5) is 5.17. The van der Waals surface area contributed by atoms with E-state index >= 15 is 0 Å². The van der Waals surface area contributed by atoms with Crippen LogP contribution in [0.3, 0.4) is 0 Å². The van der Waals surface area contributed by atoms with Crippen molar-refractivity contribution in [2.75, 3.05) is 0 Å². The van der Waals surface area contributed by atoms with Crippen molar-refractivity contribution in [2.24, 2.45) is 5.73 Å². The number of hydrogen-bond acceptors (Lipinski definition) is 5. The first-order valence-corrected chi connectivity index (χ1v) is 6.24. The van der Waals surface area contributed by atoms with Crippen molar-refractivity contribution in [3.8, 4) is 0 Å². The van der Waals surface area contributed by atoms with Gasteiger partial charge >= 0.3 is 0 Å². The van der Waals surface area contributed by atoms with Crippen LogP contribution in [-0.4, -0.2) is 9.36 Å². The number of benzene rings is 1. The van der Waals surface area contributed by atoms with Crippen LogP contribution < -0.4 is 5.73 Å². The lowest BCUT2D eigenvalue weighted by molar-refractivity contribution is 0.623. The molecule has 6 heteroatoms. The first kappa shape index (κ1) is 11.5. The van der Waals surface area contributed by atoms with Crippen molar-refractivity contribution in [3.05, 3.63) is 35.4 Å². The number of halogens is 1. The average molecular weight is 255 g/mol. The van der Waals surface area contributed by atoms with Gasteiger partial charge in [0.1, 0.15) is 11.6 Å². The smallest absolute Gasteiger partial charge is 0.174 e. The number of hydrogen-bond donors (Lipinski definition) is 1. The molecule has 0 spiro atoms. The minimum Gasteiger partial charge on any atom is -0.326 e. The largest absolute Gasteiger partial charge is 0.326 e. The molecular formula is C10H10FN3S2. The van der Waals surface area contributed by atoms with Gasteiger partial charge in [0, 0.05) is 11.4 Å². The lowest BCUT2D eigenvalue weighted by Crippen LogP contribution is -1.98. The van der Waals surface area contributed by atoms with Gasteiger partial charge < -0.3 is 5.73 Å². The lowest BCUT2D eigenvalue weighted by Gasteiger charge is -2.04. The number of rotatable bonds is 3. The van der Waals surface area contributed by atoms with Crippen molar-refractivity contribution in [1.82, 2.24) is 9.36 Å². The van der Waals surface area contributed by atoms with E-state index in [-0.39, 0.29) is 5.82 Å². The van der Waals surface area contributed by atoms with Crippen molar-refractivity contribution < 1.29 is 4.39 Å². The van der Waals surface area contributed by atoms with Crippen molar-refractivity contribution in [3.63, 3.8) is 0 Å². The SMILES string of the molecule is Cc1nsc(Sc2ccc(F)cc2CN)n1. The van der Waals surface area contributed by atoms with E-state index in [0.717, 1.165) is 20.6 Å². The molecule has 0 fully saturated rings. The zero-order valence-corrected chi connectivity index (χ0v) is 10.2. The zero-order chi connectivity index (χ0) is 11.5. The molecule has 0 saturated carbocycles. The maximum atomic E-state index is 13.0. The summed E-state index contributed by atoms with van der Waals surface area (Å²) in [6, 6.07) is 4.60. The van der Waals surface area contributed by atoms with Crippen molar-refractivity contribution in [1.29, 1.82) is 0 Å². The summed E-state index contributed by atoms with van der Waals surface area (Å²) < 4.78 is 17.9. The molecule has 0 radical (unpaired) electrons. The van der Waals surface area contributed by atoms with Crippen LogP contribution in [0.1, 0.15) is 11.4 Å².